The zero-order chi connectivity index (χ0) is 18.7. The molecule has 1 heterocycles. The maximum absolute atomic E-state index is 12.8. The fourth-order valence-corrected chi connectivity index (χ4v) is 4.77. The van der Waals surface area contributed by atoms with Crippen molar-refractivity contribution in [2.45, 2.75) is 4.90 Å². The van der Waals surface area contributed by atoms with E-state index in [1.807, 2.05) is 12.1 Å². The molecule has 0 atom stereocenters. The molecule has 2 aromatic rings. The van der Waals surface area contributed by atoms with Crippen molar-refractivity contribution in [2.75, 3.05) is 31.6 Å². The maximum Gasteiger partial charge on any atom is 0.255 e. The zero-order valence-electron chi connectivity index (χ0n) is 13.6. The predicted molar refractivity (Wildman–Crippen MR) is 108 cm³/mol. The van der Waals surface area contributed by atoms with Crippen LogP contribution in [-0.2, 0) is 14.8 Å². The summed E-state index contributed by atoms with van der Waals surface area (Å²) in [4.78, 5) is 12.4. The third kappa shape index (κ3) is 4.37. The summed E-state index contributed by atoms with van der Waals surface area (Å²) in [7, 11) is -3.79. The number of halogens is 2. The molecule has 2 aromatic carbocycles. The van der Waals surface area contributed by atoms with Crippen LogP contribution in [0.3, 0.4) is 0 Å². The first-order chi connectivity index (χ1) is 12.4. The molecule has 0 spiro atoms. The standard InChI is InChI=1S/C17H16ClIN2O4S/c18-15-6-1-12(17(22)20-14-4-2-13(19)3-5-14)11-16(15)26(23,24)21-7-9-25-10-8-21/h1-6,11H,7-10H2,(H,20,22). The van der Waals surface area contributed by atoms with Gasteiger partial charge in [-0.3, -0.25) is 4.79 Å². The average molecular weight is 507 g/mol. The zero-order valence-corrected chi connectivity index (χ0v) is 17.3. The number of amides is 1. The van der Waals surface area contributed by atoms with Crippen LogP contribution < -0.4 is 5.32 Å². The van der Waals surface area contributed by atoms with Crippen molar-refractivity contribution >= 4 is 55.8 Å². The number of morpholine rings is 1. The van der Waals surface area contributed by atoms with Gasteiger partial charge in [0.1, 0.15) is 4.90 Å². The average Bonchev–Trinajstić information content (AvgIpc) is 2.64. The van der Waals surface area contributed by atoms with Gasteiger partial charge in [0.25, 0.3) is 5.91 Å². The number of benzene rings is 2. The van der Waals surface area contributed by atoms with Crippen LogP contribution in [0.1, 0.15) is 10.4 Å². The van der Waals surface area contributed by atoms with Crippen LogP contribution in [-0.4, -0.2) is 44.9 Å². The Morgan fingerprint density at radius 3 is 2.42 bits per heavy atom. The lowest BCUT2D eigenvalue weighted by atomic mass is 10.2. The molecule has 0 aliphatic carbocycles. The second-order valence-corrected chi connectivity index (χ2v) is 9.18. The number of anilines is 1. The summed E-state index contributed by atoms with van der Waals surface area (Å²) < 4.78 is 33.2. The highest BCUT2D eigenvalue weighted by Gasteiger charge is 2.29. The summed E-state index contributed by atoms with van der Waals surface area (Å²) in [6, 6.07) is 11.5. The molecule has 0 aromatic heterocycles. The van der Waals surface area contributed by atoms with E-state index in [1.165, 1.54) is 22.5 Å². The Kier molecular flexibility index (Phi) is 6.18. The molecule has 1 aliphatic heterocycles. The third-order valence-corrected chi connectivity index (χ3v) is 6.98. The van der Waals surface area contributed by atoms with Crippen LogP contribution in [0.2, 0.25) is 5.02 Å². The van der Waals surface area contributed by atoms with Gasteiger partial charge < -0.3 is 10.1 Å². The molecule has 6 nitrogen and oxygen atoms in total. The molecular weight excluding hydrogens is 491 g/mol. The lowest BCUT2D eigenvalue weighted by Gasteiger charge is -2.26. The van der Waals surface area contributed by atoms with Crippen molar-refractivity contribution in [2.24, 2.45) is 0 Å². The first-order valence-electron chi connectivity index (χ1n) is 7.82. The number of ether oxygens (including phenoxy) is 1. The van der Waals surface area contributed by atoms with Gasteiger partial charge in [-0.2, -0.15) is 4.31 Å². The van der Waals surface area contributed by atoms with Crippen LogP contribution in [0.25, 0.3) is 0 Å². The summed E-state index contributed by atoms with van der Waals surface area (Å²) in [6.07, 6.45) is 0. The van der Waals surface area contributed by atoms with Gasteiger partial charge in [-0.25, -0.2) is 8.42 Å². The molecule has 138 valence electrons. The van der Waals surface area contributed by atoms with E-state index in [-0.39, 0.29) is 28.6 Å². The number of sulfonamides is 1. The van der Waals surface area contributed by atoms with Crippen LogP contribution in [0, 0.1) is 3.57 Å². The first-order valence-corrected chi connectivity index (χ1v) is 10.7. The Balaban J connectivity index is 1.87. The van der Waals surface area contributed by atoms with E-state index in [1.54, 1.807) is 12.1 Å². The normalized spacial score (nSPS) is 15.6. The number of carbonyl (C=O) groups excluding carboxylic acids is 1. The number of nitrogens with zero attached hydrogens (tertiary/aromatic N) is 1. The fourth-order valence-electron chi connectivity index (χ4n) is 2.50. The van der Waals surface area contributed by atoms with E-state index in [0.717, 1.165) is 3.57 Å². The fraction of sp³-hybridized carbons (Fsp3) is 0.235. The predicted octanol–water partition coefficient (Wildman–Crippen LogP) is 3.22. The highest BCUT2D eigenvalue weighted by molar-refractivity contribution is 14.1. The van der Waals surface area contributed by atoms with Crippen LogP contribution in [0.15, 0.2) is 47.4 Å². The summed E-state index contributed by atoms with van der Waals surface area (Å²) in [5, 5.41) is 2.83. The van der Waals surface area contributed by atoms with Crippen molar-refractivity contribution < 1.29 is 17.9 Å². The summed E-state index contributed by atoms with van der Waals surface area (Å²) in [5.74, 6) is -0.402. The number of hydrogen-bond acceptors (Lipinski definition) is 4. The minimum Gasteiger partial charge on any atom is -0.379 e. The van der Waals surface area contributed by atoms with Gasteiger partial charge in [0, 0.05) is 27.9 Å². The van der Waals surface area contributed by atoms with Crippen molar-refractivity contribution in [1.29, 1.82) is 0 Å². The minimum absolute atomic E-state index is 0.0728. The van der Waals surface area contributed by atoms with Crippen LogP contribution in [0.4, 0.5) is 5.69 Å². The molecule has 3 rings (SSSR count). The Labute approximate surface area is 170 Å². The molecular formula is C17H16ClIN2O4S. The Morgan fingerprint density at radius 1 is 1.12 bits per heavy atom. The SMILES string of the molecule is O=C(Nc1ccc(I)cc1)c1ccc(Cl)c(S(=O)(=O)N2CCOCC2)c1. The van der Waals surface area contributed by atoms with Crippen molar-refractivity contribution in [3.05, 3.63) is 56.6 Å². The minimum atomic E-state index is -3.79. The number of nitrogens with one attached hydrogen (secondary N) is 1. The summed E-state index contributed by atoms with van der Waals surface area (Å²) in [6.45, 7) is 1.20. The monoisotopic (exact) mass is 506 g/mol. The van der Waals surface area contributed by atoms with Gasteiger partial charge in [-0.15, -0.1) is 0 Å². The molecule has 0 unspecified atom stereocenters. The van der Waals surface area contributed by atoms with Gasteiger partial charge in [0.15, 0.2) is 0 Å². The van der Waals surface area contributed by atoms with Gasteiger partial charge in [-0.05, 0) is 65.1 Å². The number of hydrogen-bond donors (Lipinski definition) is 1. The molecule has 0 bridgehead atoms. The van der Waals surface area contributed by atoms with E-state index in [2.05, 4.69) is 27.9 Å². The number of rotatable bonds is 4. The second-order valence-electron chi connectivity index (χ2n) is 5.62. The Bertz CT molecular complexity index is 913. The highest BCUT2D eigenvalue weighted by atomic mass is 127. The lowest BCUT2D eigenvalue weighted by molar-refractivity contribution is 0.0730. The Morgan fingerprint density at radius 2 is 1.77 bits per heavy atom. The molecule has 0 saturated carbocycles. The molecule has 0 radical (unpaired) electrons. The van der Waals surface area contributed by atoms with Crippen molar-refractivity contribution in [3.8, 4) is 0 Å². The molecule has 1 saturated heterocycles. The van der Waals surface area contributed by atoms with Crippen molar-refractivity contribution in [3.63, 3.8) is 0 Å². The van der Waals surface area contributed by atoms with E-state index < -0.39 is 15.9 Å². The van der Waals surface area contributed by atoms with E-state index in [9.17, 15) is 13.2 Å². The van der Waals surface area contributed by atoms with Gasteiger partial charge >= 0.3 is 0 Å². The molecule has 1 amide bonds. The molecule has 1 fully saturated rings. The second kappa shape index (κ2) is 8.22. The smallest absolute Gasteiger partial charge is 0.255 e. The van der Waals surface area contributed by atoms with Crippen LogP contribution in [0.5, 0.6) is 0 Å². The largest absolute Gasteiger partial charge is 0.379 e. The third-order valence-electron chi connectivity index (χ3n) is 3.88. The van der Waals surface area contributed by atoms with Crippen molar-refractivity contribution in [1.82, 2.24) is 4.31 Å². The lowest BCUT2D eigenvalue weighted by Crippen LogP contribution is -2.40. The topological polar surface area (TPSA) is 75.7 Å². The highest BCUT2D eigenvalue weighted by Crippen LogP contribution is 2.27. The quantitative estimate of drug-likeness (QED) is 0.646. The molecule has 9 heteroatoms. The Hall–Kier alpha value is -1.20. The van der Waals surface area contributed by atoms with Gasteiger partial charge in [0.2, 0.25) is 10.0 Å². The molecule has 26 heavy (non-hydrogen) atoms. The molecule has 1 N–H and O–H groups in total. The van der Waals surface area contributed by atoms with E-state index in [4.69, 9.17) is 16.3 Å². The maximum atomic E-state index is 12.8. The first kappa shape index (κ1) is 19.6. The van der Waals surface area contributed by atoms with Crippen LogP contribution >= 0.6 is 34.2 Å². The van der Waals surface area contributed by atoms with Gasteiger partial charge in [0.05, 0.1) is 18.2 Å². The summed E-state index contributed by atoms with van der Waals surface area (Å²) >= 11 is 8.28. The van der Waals surface area contributed by atoms with E-state index in [0.29, 0.717) is 18.9 Å². The van der Waals surface area contributed by atoms with Gasteiger partial charge in [-0.1, -0.05) is 11.6 Å². The number of carbonyl (C=O) groups is 1. The molecule has 1 aliphatic rings. The summed E-state index contributed by atoms with van der Waals surface area (Å²) in [5.41, 5.74) is 0.850. The van der Waals surface area contributed by atoms with E-state index >= 15 is 0 Å².